The molecule has 0 saturated carbocycles. The summed E-state index contributed by atoms with van der Waals surface area (Å²) in [5.41, 5.74) is 6.65. The molecular formula is C24H23N3O. The van der Waals surface area contributed by atoms with E-state index in [9.17, 15) is 0 Å². The van der Waals surface area contributed by atoms with Gasteiger partial charge in [-0.1, -0.05) is 18.7 Å². The quantitative estimate of drug-likeness (QED) is 0.630. The van der Waals surface area contributed by atoms with Crippen molar-refractivity contribution < 1.29 is 4.74 Å². The molecule has 4 nitrogen and oxygen atoms in total. The van der Waals surface area contributed by atoms with E-state index in [1.54, 1.807) is 7.11 Å². The van der Waals surface area contributed by atoms with Crippen molar-refractivity contribution in [2.24, 2.45) is 0 Å². The molecule has 0 bridgehead atoms. The van der Waals surface area contributed by atoms with Gasteiger partial charge >= 0.3 is 0 Å². The van der Waals surface area contributed by atoms with E-state index in [0.29, 0.717) is 0 Å². The Morgan fingerprint density at radius 2 is 1.68 bits per heavy atom. The minimum atomic E-state index is 0.124. The molecule has 0 N–H and O–H groups in total. The van der Waals surface area contributed by atoms with E-state index in [4.69, 9.17) is 4.74 Å². The van der Waals surface area contributed by atoms with Gasteiger partial charge in [0, 0.05) is 43.2 Å². The van der Waals surface area contributed by atoms with Gasteiger partial charge < -0.3 is 9.64 Å². The van der Waals surface area contributed by atoms with Crippen LogP contribution >= 0.6 is 0 Å². The first-order valence-electron chi connectivity index (χ1n) is 9.28. The van der Waals surface area contributed by atoms with Crippen molar-refractivity contribution in [1.29, 1.82) is 0 Å². The normalized spacial score (nSPS) is 15.9. The first-order chi connectivity index (χ1) is 13.7. The van der Waals surface area contributed by atoms with Gasteiger partial charge in [-0.15, -0.1) is 0 Å². The molecule has 0 radical (unpaired) electrons. The maximum Gasteiger partial charge on any atom is 0.119 e. The van der Waals surface area contributed by atoms with Gasteiger partial charge in [0.05, 0.1) is 18.5 Å². The molecule has 0 fully saturated rings. The molecule has 4 heteroatoms. The Morgan fingerprint density at radius 1 is 0.964 bits per heavy atom. The third-order valence-electron chi connectivity index (χ3n) is 5.16. The van der Waals surface area contributed by atoms with Crippen molar-refractivity contribution in [3.63, 3.8) is 0 Å². The fourth-order valence-electron chi connectivity index (χ4n) is 3.72. The number of pyridine rings is 2. The van der Waals surface area contributed by atoms with E-state index >= 15 is 0 Å². The number of benzene rings is 1. The SMILES string of the molecule is C=C1C(c2ccccn2)=C(CN(C)c2ccc(OC)cc2)C1c1ccccn1. The average Bonchev–Trinajstić information content (AvgIpc) is 2.75. The highest BCUT2D eigenvalue weighted by Crippen LogP contribution is 2.50. The Morgan fingerprint density at radius 3 is 2.29 bits per heavy atom. The van der Waals surface area contributed by atoms with Crippen LogP contribution < -0.4 is 9.64 Å². The summed E-state index contributed by atoms with van der Waals surface area (Å²) >= 11 is 0. The van der Waals surface area contributed by atoms with Crippen LogP contribution in [0.25, 0.3) is 5.57 Å². The van der Waals surface area contributed by atoms with Crippen molar-refractivity contribution in [2.45, 2.75) is 5.92 Å². The number of nitrogens with zero attached hydrogens (tertiary/aromatic N) is 3. The first-order valence-corrected chi connectivity index (χ1v) is 9.28. The van der Waals surface area contributed by atoms with Gasteiger partial charge in [-0.3, -0.25) is 9.97 Å². The van der Waals surface area contributed by atoms with Crippen LogP contribution in [0.4, 0.5) is 5.69 Å². The highest BCUT2D eigenvalue weighted by Gasteiger charge is 2.37. The van der Waals surface area contributed by atoms with Gasteiger partial charge in [0.2, 0.25) is 0 Å². The van der Waals surface area contributed by atoms with Crippen LogP contribution in [-0.4, -0.2) is 30.7 Å². The number of hydrogen-bond acceptors (Lipinski definition) is 4. The largest absolute Gasteiger partial charge is 0.497 e. The van der Waals surface area contributed by atoms with Crippen molar-refractivity contribution in [3.8, 4) is 5.75 Å². The molecule has 4 rings (SSSR count). The third-order valence-corrected chi connectivity index (χ3v) is 5.16. The second-order valence-corrected chi connectivity index (χ2v) is 6.88. The predicted molar refractivity (Wildman–Crippen MR) is 114 cm³/mol. The number of ether oxygens (including phenoxy) is 1. The lowest BCUT2D eigenvalue weighted by atomic mass is 9.70. The third kappa shape index (κ3) is 3.29. The number of methoxy groups -OCH3 is 1. The predicted octanol–water partition coefficient (Wildman–Crippen LogP) is 4.73. The molecule has 0 saturated heterocycles. The van der Waals surface area contributed by atoms with E-state index in [1.807, 2.05) is 54.9 Å². The summed E-state index contributed by atoms with van der Waals surface area (Å²) in [4.78, 5) is 11.4. The molecule has 1 unspecified atom stereocenters. The van der Waals surface area contributed by atoms with Crippen LogP contribution in [0.5, 0.6) is 5.75 Å². The number of anilines is 1. The standard InChI is InChI=1S/C24H23N3O/c1-17-23(21-8-4-6-14-25-21)20(24(17)22-9-5-7-15-26-22)16-27(2)18-10-12-19(28-3)13-11-18/h4-15,23H,1,16H2,2-3H3. The Bertz CT molecular complexity index is 995. The van der Waals surface area contributed by atoms with Crippen molar-refractivity contribution in [2.75, 3.05) is 25.6 Å². The zero-order chi connectivity index (χ0) is 19.5. The first kappa shape index (κ1) is 18.0. The fourth-order valence-corrected chi connectivity index (χ4v) is 3.72. The molecule has 2 heterocycles. The second-order valence-electron chi connectivity index (χ2n) is 6.88. The lowest BCUT2D eigenvalue weighted by Crippen LogP contribution is -2.30. The molecule has 1 aliphatic rings. The molecule has 28 heavy (non-hydrogen) atoms. The summed E-state index contributed by atoms with van der Waals surface area (Å²) in [7, 11) is 3.78. The average molecular weight is 369 g/mol. The number of allylic oxidation sites excluding steroid dienone is 2. The van der Waals surface area contributed by atoms with E-state index in [-0.39, 0.29) is 5.92 Å². The van der Waals surface area contributed by atoms with Crippen LogP contribution in [0.1, 0.15) is 17.3 Å². The fraction of sp³-hybridized carbons (Fsp3) is 0.167. The molecule has 140 valence electrons. The van der Waals surface area contributed by atoms with E-state index < -0.39 is 0 Å². The van der Waals surface area contributed by atoms with Crippen molar-refractivity contribution in [1.82, 2.24) is 9.97 Å². The van der Waals surface area contributed by atoms with E-state index in [2.05, 4.69) is 46.7 Å². The van der Waals surface area contributed by atoms with Gasteiger partial charge in [-0.25, -0.2) is 0 Å². The monoisotopic (exact) mass is 369 g/mol. The maximum atomic E-state index is 5.27. The van der Waals surface area contributed by atoms with Crippen LogP contribution in [0.3, 0.4) is 0 Å². The minimum absolute atomic E-state index is 0.124. The van der Waals surface area contributed by atoms with Gasteiger partial charge in [-0.2, -0.15) is 0 Å². The van der Waals surface area contributed by atoms with E-state index in [0.717, 1.165) is 40.5 Å². The van der Waals surface area contributed by atoms with Crippen LogP contribution in [0, 0.1) is 0 Å². The minimum Gasteiger partial charge on any atom is -0.497 e. The maximum absolute atomic E-state index is 5.27. The Hall–Kier alpha value is -3.40. The molecule has 3 aromatic rings. The number of aromatic nitrogens is 2. The van der Waals surface area contributed by atoms with Crippen LogP contribution in [-0.2, 0) is 0 Å². The Kier molecular flexibility index (Phi) is 4.94. The zero-order valence-electron chi connectivity index (χ0n) is 16.2. The lowest BCUT2D eigenvalue weighted by molar-refractivity contribution is 0.415. The summed E-state index contributed by atoms with van der Waals surface area (Å²) in [5.74, 6) is 0.979. The molecule has 0 aliphatic heterocycles. The van der Waals surface area contributed by atoms with Gasteiger partial charge in [-0.05, 0) is 59.7 Å². The zero-order valence-corrected chi connectivity index (χ0v) is 16.2. The molecule has 0 spiro atoms. The summed E-state index contributed by atoms with van der Waals surface area (Å²) in [6, 6.07) is 20.1. The van der Waals surface area contributed by atoms with Crippen LogP contribution in [0.2, 0.25) is 0 Å². The molecule has 1 aromatic carbocycles. The Balaban J connectivity index is 1.69. The number of hydrogen-bond donors (Lipinski definition) is 0. The highest BCUT2D eigenvalue weighted by molar-refractivity contribution is 5.91. The van der Waals surface area contributed by atoms with Gasteiger partial charge in [0.1, 0.15) is 5.75 Å². The Labute approximate surface area is 165 Å². The van der Waals surface area contributed by atoms with E-state index in [1.165, 1.54) is 5.57 Å². The number of rotatable bonds is 6. The summed E-state index contributed by atoms with van der Waals surface area (Å²) in [6.45, 7) is 5.13. The lowest BCUT2D eigenvalue weighted by Gasteiger charge is -2.38. The van der Waals surface area contributed by atoms with Crippen molar-refractivity contribution in [3.05, 3.63) is 102 Å². The summed E-state index contributed by atoms with van der Waals surface area (Å²) in [6.07, 6.45) is 3.67. The van der Waals surface area contributed by atoms with Gasteiger partial charge in [0.15, 0.2) is 0 Å². The van der Waals surface area contributed by atoms with Gasteiger partial charge in [0.25, 0.3) is 0 Å². The molecule has 1 atom stereocenters. The summed E-state index contributed by atoms with van der Waals surface area (Å²) < 4.78 is 5.27. The van der Waals surface area contributed by atoms with Crippen molar-refractivity contribution >= 4 is 11.3 Å². The summed E-state index contributed by atoms with van der Waals surface area (Å²) in [5, 5.41) is 0. The molecular weight excluding hydrogens is 346 g/mol. The van der Waals surface area contributed by atoms with Crippen LogP contribution in [0.15, 0.2) is 90.8 Å². The second kappa shape index (κ2) is 7.69. The number of likely N-dealkylation sites (N-methyl/N-ethyl adjacent to an activating group) is 1. The highest BCUT2D eigenvalue weighted by atomic mass is 16.5. The topological polar surface area (TPSA) is 38.2 Å². The molecule has 2 aromatic heterocycles. The smallest absolute Gasteiger partial charge is 0.119 e. The molecule has 1 aliphatic carbocycles. The molecule has 0 amide bonds.